The predicted molar refractivity (Wildman–Crippen MR) is 110 cm³/mol. The molecular weight excluding hydrogens is 390 g/mol. The summed E-state index contributed by atoms with van der Waals surface area (Å²) >= 11 is 0. The second-order valence-electron chi connectivity index (χ2n) is 7.11. The topological polar surface area (TPSA) is 111 Å². The molecule has 2 aromatic rings. The van der Waals surface area contributed by atoms with E-state index in [-0.39, 0.29) is 35.1 Å². The molecule has 2 atom stereocenters. The van der Waals surface area contributed by atoms with Gasteiger partial charge in [0.25, 0.3) is 11.8 Å². The average Bonchev–Trinajstić information content (AvgIpc) is 2.72. The molecule has 1 aliphatic heterocycles. The minimum Gasteiger partial charge on any atom is -0.490 e. The van der Waals surface area contributed by atoms with Gasteiger partial charge >= 0.3 is 5.69 Å². The van der Waals surface area contributed by atoms with Crippen molar-refractivity contribution in [2.75, 3.05) is 25.5 Å². The summed E-state index contributed by atoms with van der Waals surface area (Å²) in [5.74, 6) is -0.721. The molecule has 1 aliphatic rings. The molecule has 2 aromatic carbocycles. The molecule has 30 heavy (non-hydrogen) atoms. The number of ether oxygens (including phenoxy) is 2. The van der Waals surface area contributed by atoms with Gasteiger partial charge in [-0.3, -0.25) is 19.7 Å². The second-order valence-corrected chi connectivity index (χ2v) is 7.11. The van der Waals surface area contributed by atoms with E-state index in [1.807, 2.05) is 13.8 Å². The summed E-state index contributed by atoms with van der Waals surface area (Å²) in [6.45, 7) is 4.71. The number of nitrogens with one attached hydrogen (secondary N) is 1. The lowest BCUT2D eigenvalue weighted by molar-refractivity contribution is -0.385. The van der Waals surface area contributed by atoms with E-state index in [1.165, 1.54) is 19.2 Å². The van der Waals surface area contributed by atoms with Crippen LogP contribution in [0, 0.1) is 10.1 Å². The number of amides is 2. The zero-order valence-corrected chi connectivity index (χ0v) is 17.0. The summed E-state index contributed by atoms with van der Waals surface area (Å²) in [6, 6.07) is 10.6. The Morgan fingerprint density at radius 1 is 1.17 bits per heavy atom. The van der Waals surface area contributed by atoms with Crippen LogP contribution < -0.4 is 10.1 Å². The van der Waals surface area contributed by atoms with E-state index in [9.17, 15) is 19.7 Å². The van der Waals surface area contributed by atoms with Gasteiger partial charge in [-0.2, -0.15) is 0 Å². The molecule has 1 saturated heterocycles. The third-order valence-corrected chi connectivity index (χ3v) is 4.75. The summed E-state index contributed by atoms with van der Waals surface area (Å²) in [5.41, 5.74) is 0.442. The fourth-order valence-corrected chi connectivity index (χ4v) is 3.46. The number of rotatable bonds is 5. The highest BCUT2D eigenvalue weighted by Gasteiger charge is 2.28. The number of benzene rings is 2. The highest BCUT2D eigenvalue weighted by Crippen LogP contribution is 2.28. The van der Waals surface area contributed by atoms with Crippen molar-refractivity contribution >= 4 is 23.2 Å². The smallest absolute Gasteiger partial charge is 0.311 e. The first-order valence-electron chi connectivity index (χ1n) is 9.47. The quantitative estimate of drug-likeness (QED) is 0.596. The van der Waals surface area contributed by atoms with Crippen molar-refractivity contribution in [2.24, 2.45) is 0 Å². The van der Waals surface area contributed by atoms with Crippen molar-refractivity contribution < 1.29 is 24.0 Å². The molecule has 9 nitrogen and oxygen atoms in total. The van der Waals surface area contributed by atoms with Crippen molar-refractivity contribution in [3.05, 3.63) is 63.7 Å². The number of nitro groups is 1. The molecule has 0 aromatic heterocycles. The van der Waals surface area contributed by atoms with E-state index in [4.69, 9.17) is 9.47 Å². The maximum absolute atomic E-state index is 13.1. The zero-order valence-electron chi connectivity index (χ0n) is 17.0. The maximum atomic E-state index is 13.1. The number of hydrogen-bond donors (Lipinski definition) is 1. The Bertz CT molecular complexity index is 967. The number of carbonyl (C=O) groups excluding carboxylic acids is 2. The van der Waals surface area contributed by atoms with E-state index in [0.717, 1.165) is 6.07 Å². The fraction of sp³-hybridized carbons (Fsp3) is 0.333. The van der Waals surface area contributed by atoms with Crippen LogP contribution in [-0.2, 0) is 4.74 Å². The lowest BCUT2D eigenvalue weighted by atomic mass is 10.1. The van der Waals surface area contributed by atoms with Crippen molar-refractivity contribution in [3.63, 3.8) is 0 Å². The molecule has 9 heteroatoms. The monoisotopic (exact) mass is 413 g/mol. The Kier molecular flexibility index (Phi) is 6.31. The van der Waals surface area contributed by atoms with Crippen LogP contribution in [0.1, 0.15) is 34.6 Å². The van der Waals surface area contributed by atoms with Gasteiger partial charge in [-0.1, -0.05) is 12.1 Å². The second kappa shape index (κ2) is 8.91. The lowest BCUT2D eigenvalue weighted by Crippen LogP contribution is -2.48. The van der Waals surface area contributed by atoms with Crippen molar-refractivity contribution in [2.45, 2.75) is 26.1 Å². The van der Waals surface area contributed by atoms with E-state index < -0.39 is 10.8 Å². The highest BCUT2D eigenvalue weighted by molar-refractivity contribution is 6.09. The number of morpholine rings is 1. The predicted octanol–water partition coefficient (Wildman–Crippen LogP) is 3.11. The highest BCUT2D eigenvalue weighted by atomic mass is 16.6. The average molecular weight is 413 g/mol. The molecule has 0 unspecified atom stereocenters. The maximum Gasteiger partial charge on any atom is 0.311 e. The molecule has 1 heterocycles. The number of nitro benzene ring substituents is 1. The number of nitrogens with zero attached hydrogens (tertiary/aromatic N) is 2. The molecule has 0 bridgehead atoms. The Hall–Kier alpha value is -3.46. The van der Waals surface area contributed by atoms with Crippen LogP contribution >= 0.6 is 0 Å². The molecule has 0 saturated carbocycles. The van der Waals surface area contributed by atoms with Crippen LogP contribution in [0.4, 0.5) is 11.4 Å². The normalized spacial score (nSPS) is 18.6. The van der Waals surface area contributed by atoms with Crippen LogP contribution in [0.15, 0.2) is 42.5 Å². The first-order chi connectivity index (χ1) is 14.3. The van der Waals surface area contributed by atoms with Crippen molar-refractivity contribution in [1.82, 2.24) is 4.90 Å². The SMILES string of the molecule is COc1ccc(C(=O)Nc2ccccc2C(=O)N2C[C@H](C)O[C@@H](C)C2)cc1[N+](=O)[O-]. The van der Waals surface area contributed by atoms with Crippen molar-refractivity contribution in [3.8, 4) is 5.75 Å². The van der Waals surface area contributed by atoms with E-state index in [2.05, 4.69) is 5.32 Å². The van der Waals surface area contributed by atoms with Crippen LogP contribution in [-0.4, -0.2) is 54.0 Å². The molecule has 1 N–H and O–H groups in total. The number of para-hydroxylation sites is 1. The van der Waals surface area contributed by atoms with E-state index in [0.29, 0.717) is 24.3 Å². The Morgan fingerprint density at radius 3 is 2.47 bits per heavy atom. The van der Waals surface area contributed by atoms with Crippen LogP contribution in [0.2, 0.25) is 0 Å². The first-order valence-corrected chi connectivity index (χ1v) is 9.47. The molecule has 1 fully saturated rings. The van der Waals surface area contributed by atoms with Gasteiger partial charge in [0.1, 0.15) is 0 Å². The van der Waals surface area contributed by atoms with Gasteiger partial charge in [-0.15, -0.1) is 0 Å². The summed E-state index contributed by atoms with van der Waals surface area (Å²) < 4.78 is 10.6. The molecule has 2 amide bonds. The zero-order chi connectivity index (χ0) is 21.8. The summed E-state index contributed by atoms with van der Waals surface area (Å²) in [7, 11) is 1.32. The first kappa shape index (κ1) is 21.3. The molecular formula is C21H23N3O6. The van der Waals surface area contributed by atoms with E-state index >= 15 is 0 Å². The van der Waals surface area contributed by atoms with Gasteiger partial charge in [0.05, 0.1) is 35.5 Å². The van der Waals surface area contributed by atoms with Gasteiger partial charge in [0.2, 0.25) is 0 Å². The molecule has 0 aliphatic carbocycles. The largest absolute Gasteiger partial charge is 0.490 e. The Balaban J connectivity index is 1.84. The van der Waals surface area contributed by atoms with E-state index in [1.54, 1.807) is 29.2 Å². The number of hydrogen-bond acceptors (Lipinski definition) is 6. The van der Waals surface area contributed by atoms with Crippen molar-refractivity contribution in [1.29, 1.82) is 0 Å². The third-order valence-electron chi connectivity index (χ3n) is 4.75. The standard InChI is InChI=1S/C21H23N3O6/c1-13-11-23(12-14(2)30-13)21(26)16-6-4-5-7-17(16)22-20(25)15-8-9-19(29-3)18(10-15)24(27)28/h4-10,13-14H,11-12H2,1-3H3,(H,22,25)/t13-,14-/m0/s1. The number of methoxy groups -OCH3 is 1. The minimum absolute atomic E-state index is 0.0580. The van der Waals surface area contributed by atoms with Gasteiger partial charge in [0, 0.05) is 24.7 Å². The van der Waals surface area contributed by atoms with Crippen LogP contribution in [0.3, 0.4) is 0 Å². The fourth-order valence-electron chi connectivity index (χ4n) is 3.46. The Morgan fingerprint density at radius 2 is 1.83 bits per heavy atom. The van der Waals surface area contributed by atoms with Gasteiger partial charge in [-0.05, 0) is 38.1 Å². The summed E-state index contributed by atoms with van der Waals surface area (Å²) in [5, 5.41) is 13.9. The number of anilines is 1. The summed E-state index contributed by atoms with van der Waals surface area (Å²) in [4.78, 5) is 38.1. The van der Waals surface area contributed by atoms with Gasteiger partial charge in [-0.25, -0.2) is 0 Å². The molecule has 0 spiro atoms. The molecule has 158 valence electrons. The minimum atomic E-state index is -0.617. The Labute approximate surface area is 173 Å². The van der Waals surface area contributed by atoms with Crippen LogP contribution in [0.25, 0.3) is 0 Å². The van der Waals surface area contributed by atoms with Gasteiger partial charge in [0.15, 0.2) is 5.75 Å². The lowest BCUT2D eigenvalue weighted by Gasteiger charge is -2.35. The summed E-state index contributed by atoms with van der Waals surface area (Å²) in [6.07, 6.45) is -0.168. The number of carbonyl (C=O) groups is 2. The molecule has 3 rings (SSSR count). The van der Waals surface area contributed by atoms with Gasteiger partial charge < -0.3 is 19.7 Å². The van der Waals surface area contributed by atoms with Crippen LogP contribution in [0.5, 0.6) is 5.75 Å². The molecule has 0 radical (unpaired) electrons. The third kappa shape index (κ3) is 4.57.